The molecule has 0 fully saturated rings. The molecule has 0 saturated carbocycles. The first-order valence-electron chi connectivity index (χ1n) is 5.64. The van der Waals surface area contributed by atoms with E-state index in [4.69, 9.17) is 5.73 Å². The number of carbonyl (C=O) groups excluding carboxylic acids is 1. The molecule has 0 aliphatic carbocycles. The van der Waals surface area contributed by atoms with Crippen molar-refractivity contribution in [2.75, 3.05) is 0 Å². The molecule has 3 atom stereocenters. The Morgan fingerprint density at radius 1 is 1.56 bits per heavy atom. The molecule has 1 heterocycles. The Kier molecular flexibility index (Phi) is 4.96. The zero-order valence-electron chi connectivity index (χ0n) is 10.1. The lowest BCUT2D eigenvalue weighted by Gasteiger charge is -2.20. The summed E-state index contributed by atoms with van der Waals surface area (Å²) in [5.74, 6) is 0.155. The predicted molar refractivity (Wildman–Crippen MR) is 68.3 cm³/mol. The van der Waals surface area contributed by atoms with E-state index in [2.05, 4.69) is 5.32 Å². The fourth-order valence-electron chi connectivity index (χ4n) is 1.43. The molecule has 4 heteroatoms. The van der Waals surface area contributed by atoms with Crippen LogP contribution in [-0.4, -0.2) is 11.9 Å². The van der Waals surface area contributed by atoms with Crippen LogP contribution in [0.4, 0.5) is 0 Å². The van der Waals surface area contributed by atoms with Gasteiger partial charge in [-0.1, -0.05) is 20.3 Å². The highest BCUT2D eigenvalue weighted by molar-refractivity contribution is 7.07. The van der Waals surface area contributed by atoms with Gasteiger partial charge in [0.1, 0.15) is 0 Å². The lowest BCUT2D eigenvalue weighted by molar-refractivity contribution is -0.124. The molecule has 1 rings (SSSR count). The number of hydrogen-bond donors (Lipinski definition) is 2. The minimum Gasteiger partial charge on any atom is -0.348 e. The van der Waals surface area contributed by atoms with Crippen LogP contribution in [0.25, 0.3) is 0 Å². The molecule has 0 aromatic carbocycles. The van der Waals surface area contributed by atoms with Gasteiger partial charge in [-0.25, -0.2) is 0 Å². The zero-order chi connectivity index (χ0) is 12.1. The summed E-state index contributed by atoms with van der Waals surface area (Å²) in [5, 5.41) is 6.99. The van der Waals surface area contributed by atoms with Crippen molar-refractivity contribution in [1.82, 2.24) is 5.32 Å². The smallest absolute Gasteiger partial charge is 0.237 e. The Balaban J connectivity index is 2.51. The van der Waals surface area contributed by atoms with E-state index < -0.39 is 6.04 Å². The number of carbonyl (C=O) groups is 1. The van der Waals surface area contributed by atoms with Gasteiger partial charge in [-0.3, -0.25) is 4.79 Å². The molecule has 1 aromatic heterocycles. The molecule has 90 valence electrons. The van der Waals surface area contributed by atoms with Crippen molar-refractivity contribution in [2.24, 2.45) is 11.7 Å². The van der Waals surface area contributed by atoms with Crippen molar-refractivity contribution in [1.29, 1.82) is 0 Å². The van der Waals surface area contributed by atoms with Gasteiger partial charge in [0.15, 0.2) is 0 Å². The van der Waals surface area contributed by atoms with Crippen LogP contribution in [0, 0.1) is 5.92 Å². The van der Waals surface area contributed by atoms with Crippen LogP contribution in [0.15, 0.2) is 16.8 Å². The van der Waals surface area contributed by atoms with E-state index in [1.807, 2.05) is 37.6 Å². The number of amides is 1. The normalized spacial score (nSPS) is 16.5. The summed E-state index contributed by atoms with van der Waals surface area (Å²) in [4.78, 5) is 11.8. The standard InChI is InChI=1S/C12H20N2OS/c1-4-8(2)11(13)12(15)14-9(3)10-5-6-16-7-10/h5-9,11H,4,13H2,1-3H3,(H,14,15). The number of hydrogen-bond acceptors (Lipinski definition) is 3. The van der Waals surface area contributed by atoms with Crippen LogP contribution >= 0.6 is 11.3 Å². The van der Waals surface area contributed by atoms with Crippen molar-refractivity contribution in [2.45, 2.75) is 39.3 Å². The molecule has 0 spiro atoms. The van der Waals surface area contributed by atoms with Crippen molar-refractivity contribution < 1.29 is 4.79 Å². The van der Waals surface area contributed by atoms with E-state index in [1.54, 1.807) is 11.3 Å². The number of rotatable bonds is 5. The molecule has 0 bridgehead atoms. The maximum Gasteiger partial charge on any atom is 0.237 e. The Hall–Kier alpha value is -0.870. The van der Waals surface area contributed by atoms with Crippen LogP contribution < -0.4 is 11.1 Å². The second-order valence-corrected chi connectivity index (χ2v) is 4.98. The van der Waals surface area contributed by atoms with Gasteiger partial charge in [-0.05, 0) is 35.2 Å². The minimum atomic E-state index is -0.411. The monoisotopic (exact) mass is 240 g/mol. The first kappa shape index (κ1) is 13.2. The molecule has 0 aliphatic heterocycles. The van der Waals surface area contributed by atoms with Crippen LogP contribution in [0.3, 0.4) is 0 Å². The van der Waals surface area contributed by atoms with Crippen molar-refractivity contribution in [3.8, 4) is 0 Å². The third-order valence-electron chi connectivity index (χ3n) is 2.96. The summed E-state index contributed by atoms with van der Waals surface area (Å²) in [6.45, 7) is 6.02. The van der Waals surface area contributed by atoms with Gasteiger partial charge >= 0.3 is 0 Å². The maximum absolute atomic E-state index is 11.8. The highest BCUT2D eigenvalue weighted by Gasteiger charge is 2.21. The average molecular weight is 240 g/mol. The molecular formula is C12H20N2OS. The summed E-state index contributed by atoms with van der Waals surface area (Å²) >= 11 is 1.63. The third-order valence-corrected chi connectivity index (χ3v) is 3.66. The first-order chi connectivity index (χ1) is 7.56. The lowest BCUT2D eigenvalue weighted by atomic mass is 9.99. The summed E-state index contributed by atoms with van der Waals surface area (Å²) in [6, 6.07) is 1.64. The first-order valence-corrected chi connectivity index (χ1v) is 6.58. The van der Waals surface area contributed by atoms with Gasteiger partial charge in [-0.2, -0.15) is 11.3 Å². The molecular weight excluding hydrogens is 220 g/mol. The van der Waals surface area contributed by atoms with Crippen molar-refractivity contribution >= 4 is 17.2 Å². The van der Waals surface area contributed by atoms with Crippen LogP contribution in [0.1, 0.15) is 38.8 Å². The van der Waals surface area contributed by atoms with Crippen LogP contribution in [0.5, 0.6) is 0 Å². The number of nitrogens with two attached hydrogens (primary N) is 1. The quantitative estimate of drug-likeness (QED) is 0.829. The van der Waals surface area contributed by atoms with E-state index in [0.717, 1.165) is 12.0 Å². The SMILES string of the molecule is CCC(C)C(N)C(=O)NC(C)c1ccsc1. The van der Waals surface area contributed by atoms with Crippen molar-refractivity contribution in [3.05, 3.63) is 22.4 Å². The van der Waals surface area contributed by atoms with Crippen LogP contribution in [0.2, 0.25) is 0 Å². The predicted octanol–water partition coefficient (Wildman–Crippen LogP) is 2.30. The minimum absolute atomic E-state index is 0.0360. The van der Waals surface area contributed by atoms with Gasteiger partial charge in [0.25, 0.3) is 0 Å². The van der Waals surface area contributed by atoms with Gasteiger partial charge in [-0.15, -0.1) is 0 Å². The highest BCUT2D eigenvalue weighted by Crippen LogP contribution is 2.16. The largest absolute Gasteiger partial charge is 0.348 e. The summed E-state index contributed by atoms with van der Waals surface area (Å²) in [5.41, 5.74) is 7.00. The van der Waals surface area contributed by atoms with E-state index in [9.17, 15) is 4.79 Å². The lowest BCUT2D eigenvalue weighted by Crippen LogP contribution is -2.45. The van der Waals surface area contributed by atoms with Crippen molar-refractivity contribution in [3.63, 3.8) is 0 Å². The Morgan fingerprint density at radius 2 is 2.25 bits per heavy atom. The molecule has 0 saturated heterocycles. The third kappa shape index (κ3) is 3.32. The van der Waals surface area contributed by atoms with E-state index in [-0.39, 0.29) is 17.9 Å². The summed E-state index contributed by atoms with van der Waals surface area (Å²) in [7, 11) is 0. The van der Waals surface area contributed by atoms with Gasteiger partial charge in [0, 0.05) is 0 Å². The molecule has 3 N–H and O–H groups in total. The molecule has 1 aromatic rings. The summed E-state index contributed by atoms with van der Waals surface area (Å²) < 4.78 is 0. The molecule has 0 aliphatic rings. The highest BCUT2D eigenvalue weighted by atomic mass is 32.1. The molecule has 3 nitrogen and oxygen atoms in total. The second kappa shape index (κ2) is 6.01. The fourth-order valence-corrected chi connectivity index (χ4v) is 2.18. The second-order valence-electron chi connectivity index (χ2n) is 4.20. The number of nitrogens with one attached hydrogen (secondary N) is 1. The molecule has 1 amide bonds. The molecule has 3 unspecified atom stereocenters. The average Bonchev–Trinajstić information content (AvgIpc) is 2.80. The topological polar surface area (TPSA) is 55.1 Å². The summed E-state index contributed by atoms with van der Waals surface area (Å²) in [6.07, 6.45) is 0.918. The molecule has 16 heavy (non-hydrogen) atoms. The van der Waals surface area contributed by atoms with E-state index in [0.29, 0.717) is 0 Å². The van der Waals surface area contributed by atoms with Gasteiger partial charge in [0.2, 0.25) is 5.91 Å². The maximum atomic E-state index is 11.8. The van der Waals surface area contributed by atoms with Gasteiger partial charge in [0.05, 0.1) is 12.1 Å². The Labute approximate surface area is 101 Å². The van der Waals surface area contributed by atoms with Crippen LogP contribution in [-0.2, 0) is 4.79 Å². The Morgan fingerprint density at radius 3 is 2.75 bits per heavy atom. The Bertz CT molecular complexity index is 324. The van der Waals surface area contributed by atoms with E-state index >= 15 is 0 Å². The fraction of sp³-hybridized carbons (Fsp3) is 0.583. The zero-order valence-corrected chi connectivity index (χ0v) is 10.9. The molecule has 0 radical (unpaired) electrons. The van der Waals surface area contributed by atoms with E-state index in [1.165, 1.54) is 0 Å². The number of thiophene rings is 1. The van der Waals surface area contributed by atoms with Gasteiger partial charge < -0.3 is 11.1 Å².